The third-order valence-electron chi connectivity index (χ3n) is 3.60. The molecule has 18 heavy (non-hydrogen) atoms. The van der Waals surface area contributed by atoms with Gasteiger partial charge < -0.3 is 5.32 Å². The van der Waals surface area contributed by atoms with Crippen molar-refractivity contribution in [3.8, 4) is 0 Å². The summed E-state index contributed by atoms with van der Waals surface area (Å²) < 4.78 is 26.8. The first-order valence-electron chi connectivity index (χ1n) is 6.63. The van der Waals surface area contributed by atoms with Crippen LogP contribution < -0.4 is 5.32 Å². The third kappa shape index (κ3) is 4.05. The topological polar surface area (TPSA) is 12.0 Å². The minimum atomic E-state index is -0.376. The highest BCUT2D eigenvalue weighted by Crippen LogP contribution is 2.20. The predicted molar refractivity (Wildman–Crippen MR) is 71.5 cm³/mol. The summed E-state index contributed by atoms with van der Waals surface area (Å²) in [6.07, 6.45) is 0.525. The van der Waals surface area contributed by atoms with E-state index in [0.717, 1.165) is 12.6 Å². The highest BCUT2D eigenvalue weighted by atomic mass is 19.1. The molecule has 0 aliphatic carbocycles. The second-order valence-electron chi connectivity index (χ2n) is 5.21. The van der Waals surface area contributed by atoms with Gasteiger partial charge in [0, 0.05) is 6.04 Å². The van der Waals surface area contributed by atoms with Crippen molar-refractivity contribution in [3.63, 3.8) is 0 Å². The molecule has 0 amide bonds. The van der Waals surface area contributed by atoms with Gasteiger partial charge in [0.15, 0.2) is 0 Å². The molecule has 2 unspecified atom stereocenters. The van der Waals surface area contributed by atoms with Crippen molar-refractivity contribution in [2.45, 2.75) is 40.2 Å². The van der Waals surface area contributed by atoms with Gasteiger partial charge in [0.25, 0.3) is 0 Å². The number of hydrogen-bond donors (Lipinski definition) is 1. The Morgan fingerprint density at radius 1 is 1.17 bits per heavy atom. The molecule has 0 bridgehead atoms. The Balaban J connectivity index is 2.85. The third-order valence-corrected chi connectivity index (χ3v) is 3.60. The van der Waals surface area contributed by atoms with Crippen LogP contribution in [0.15, 0.2) is 18.2 Å². The summed E-state index contributed by atoms with van der Waals surface area (Å²) in [4.78, 5) is 0. The van der Waals surface area contributed by atoms with Crippen LogP contribution >= 0.6 is 0 Å². The molecule has 0 heterocycles. The van der Waals surface area contributed by atoms with Gasteiger partial charge in [-0.3, -0.25) is 0 Å². The van der Waals surface area contributed by atoms with Crippen LogP contribution in [0.5, 0.6) is 0 Å². The second kappa shape index (κ2) is 6.83. The molecule has 2 atom stereocenters. The molecule has 1 aromatic rings. The van der Waals surface area contributed by atoms with Gasteiger partial charge >= 0.3 is 0 Å². The molecule has 0 spiro atoms. The summed E-state index contributed by atoms with van der Waals surface area (Å²) in [7, 11) is 0. The largest absolute Gasteiger partial charge is 0.314 e. The summed E-state index contributed by atoms with van der Waals surface area (Å²) in [6, 6.07) is 3.83. The van der Waals surface area contributed by atoms with E-state index in [4.69, 9.17) is 0 Å². The zero-order valence-electron chi connectivity index (χ0n) is 11.6. The van der Waals surface area contributed by atoms with Crippen molar-refractivity contribution < 1.29 is 8.78 Å². The first-order valence-corrected chi connectivity index (χ1v) is 6.63. The molecule has 0 aliphatic rings. The number of likely N-dealkylation sites (N-methyl/N-ethyl adjacent to an activating group) is 1. The Kier molecular flexibility index (Phi) is 5.73. The average molecular weight is 255 g/mol. The molecular formula is C15H23F2N. The van der Waals surface area contributed by atoms with Crippen LogP contribution in [0, 0.1) is 23.5 Å². The highest BCUT2D eigenvalue weighted by molar-refractivity contribution is 5.20. The summed E-state index contributed by atoms with van der Waals surface area (Å²) in [5.41, 5.74) is 0.452. The number of hydrogen-bond acceptors (Lipinski definition) is 1. The van der Waals surface area contributed by atoms with Gasteiger partial charge in [-0.15, -0.1) is 0 Å². The second-order valence-corrected chi connectivity index (χ2v) is 5.21. The first-order chi connectivity index (χ1) is 8.45. The van der Waals surface area contributed by atoms with E-state index >= 15 is 0 Å². The molecule has 0 radical (unpaired) electrons. The predicted octanol–water partition coefficient (Wildman–Crippen LogP) is 3.78. The summed E-state index contributed by atoms with van der Waals surface area (Å²) >= 11 is 0. The molecule has 1 nitrogen and oxygen atoms in total. The maximum atomic E-state index is 13.6. The lowest BCUT2D eigenvalue weighted by Gasteiger charge is -2.28. The Morgan fingerprint density at radius 2 is 1.83 bits per heavy atom. The zero-order valence-corrected chi connectivity index (χ0v) is 11.6. The van der Waals surface area contributed by atoms with Crippen LogP contribution in [0.2, 0.25) is 0 Å². The molecule has 1 aromatic carbocycles. The molecule has 0 aromatic heterocycles. The van der Waals surface area contributed by atoms with Crippen LogP contribution in [0.1, 0.15) is 33.3 Å². The lowest BCUT2D eigenvalue weighted by Crippen LogP contribution is -2.39. The fourth-order valence-corrected chi connectivity index (χ4v) is 2.11. The molecule has 1 N–H and O–H groups in total. The number of halogens is 2. The fourth-order valence-electron chi connectivity index (χ4n) is 2.11. The first kappa shape index (κ1) is 15.1. The Labute approximate surface area is 109 Å². The number of nitrogens with one attached hydrogen (secondary N) is 1. The van der Waals surface area contributed by atoms with E-state index in [-0.39, 0.29) is 17.7 Å². The van der Waals surface area contributed by atoms with E-state index in [0.29, 0.717) is 23.8 Å². The van der Waals surface area contributed by atoms with Gasteiger partial charge in [0.2, 0.25) is 0 Å². The van der Waals surface area contributed by atoms with E-state index in [1.807, 2.05) is 6.92 Å². The van der Waals surface area contributed by atoms with Crippen molar-refractivity contribution in [1.29, 1.82) is 0 Å². The van der Waals surface area contributed by atoms with E-state index in [1.54, 1.807) is 0 Å². The van der Waals surface area contributed by atoms with E-state index in [9.17, 15) is 8.78 Å². The maximum Gasteiger partial charge on any atom is 0.126 e. The molecular weight excluding hydrogens is 232 g/mol. The van der Waals surface area contributed by atoms with Crippen LogP contribution in [-0.4, -0.2) is 12.6 Å². The number of benzene rings is 1. The van der Waals surface area contributed by atoms with Gasteiger partial charge in [-0.25, -0.2) is 8.78 Å². The lowest BCUT2D eigenvalue weighted by molar-refractivity contribution is 0.298. The van der Waals surface area contributed by atoms with E-state index < -0.39 is 0 Å². The van der Waals surface area contributed by atoms with Gasteiger partial charge in [-0.05, 0) is 48.6 Å². The summed E-state index contributed by atoms with van der Waals surface area (Å²) in [5, 5.41) is 3.37. The van der Waals surface area contributed by atoms with E-state index in [1.165, 1.54) is 12.1 Å². The highest BCUT2D eigenvalue weighted by Gasteiger charge is 2.21. The van der Waals surface area contributed by atoms with Crippen LogP contribution in [0.3, 0.4) is 0 Å². The molecule has 0 saturated carbocycles. The summed E-state index contributed by atoms with van der Waals surface area (Å²) in [5.74, 6) is 0.215. The molecule has 0 fully saturated rings. The minimum Gasteiger partial charge on any atom is -0.314 e. The van der Waals surface area contributed by atoms with Crippen molar-refractivity contribution in [3.05, 3.63) is 35.4 Å². The Hall–Kier alpha value is -0.960. The standard InChI is InChI=1S/C15H23F2N/c1-5-18-15(11(4)10(2)3)9-12-8-13(16)6-7-14(12)17/h6-8,10-11,15,18H,5,9H2,1-4H3. The van der Waals surface area contributed by atoms with Gasteiger partial charge in [0.1, 0.15) is 11.6 Å². The van der Waals surface area contributed by atoms with E-state index in [2.05, 4.69) is 26.1 Å². The quantitative estimate of drug-likeness (QED) is 0.815. The number of rotatable bonds is 6. The van der Waals surface area contributed by atoms with Gasteiger partial charge in [0.05, 0.1) is 0 Å². The van der Waals surface area contributed by atoms with Crippen molar-refractivity contribution >= 4 is 0 Å². The molecule has 102 valence electrons. The van der Waals surface area contributed by atoms with Crippen LogP contribution in [0.25, 0.3) is 0 Å². The maximum absolute atomic E-state index is 13.6. The normalized spacial score (nSPS) is 14.8. The zero-order chi connectivity index (χ0) is 13.7. The van der Waals surface area contributed by atoms with Crippen LogP contribution in [0.4, 0.5) is 8.78 Å². The lowest BCUT2D eigenvalue weighted by atomic mass is 9.86. The summed E-state index contributed by atoms with van der Waals surface area (Å²) in [6.45, 7) is 9.31. The molecule has 3 heteroatoms. The van der Waals surface area contributed by atoms with Crippen molar-refractivity contribution in [1.82, 2.24) is 5.32 Å². The fraction of sp³-hybridized carbons (Fsp3) is 0.600. The SMILES string of the molecule is CCNC(Cc1cc(F)ccc1F)C(C)C(C)C. The minimum absolute atomic E-state index is 0.172. The van der Waals surface area contributed by atoms with Gasteiger partial charge in [-0.1, -0.05) is 27.7 Å². The molecule has 0 saturated heterocycles. The Bertz CT molecular complexity index is 377. The average Bonchev–Trinajstić information content (AvgIpc) is 2.32. The van der Waals surface area contributed by atoms with Gasteiger partial charge in [-0.2, -0.15) is 0 Å². The molecule has 1 rings (SSSR count). The smallest absolute Gasteiger partial charge is 0.126 e. The Morgan fingerprint density at radius 3 is 2.39 bits per heavy atom. The van der Waals surface area contributed by atoms with Crippen molar-refractivity contribution in [2.75, 3.05) is 6.54 Å². The molecule has 0 aliphatic heterocycles. The van der Waals surface area contributed by atoms with Crippen molar-refractivity contribution in [2.24, 2.45) is 11.8 Å². The van der Waals surface area contributed by atoms with Crippen LogP contribution in [-0.2, 0) is 6.42 Å². The monoisotopic (exact) mass is 255 g/mol.